The van der Waals surface area contributed by atoms with Crippen LogP contribution in [0.5, 0.6) is 0 Å². The van der Waals surface area contributed by atoms with E-state index in [0.717, 1.165) is 24.3 Å². The van der Waals surface area contributed by atoms with Crippen LogP contribution in [0.25, 0.3) is 17.0 Å². The maximum atomic E-state index is 5.27. The Labute approximate surface area is 268 Å². The topological polar surface area (TPSA) is 20.1 Å². The van der Waals surface area contributed by atoms with Crippen LogP contribution in [-0.4, -0.2) is 19.3 Å². The average Bonchev–Trinajstić information content (AvgIpc) is 2.94. The van der Waals surface area contributed by atoms with Gasteiger partial charge in [0.2, 0.25) is 17.4 Å². The van der Waals surface area contributed by atoms with Crippen molar-refractivity contribution in [1.29, 1.82) is 0 Å². The molecule has 3 nitrogen and oxygen atoms in total. The highest BCUT2D eigenvalue weighted by Crippen LogP contribution is 2.45. The molecular weight excluding hydrogens is 551 g/mol. The molecule has 1 aromatic carbocycles. The fourth-order valence-electron chi connectivity index (χ4n) is 7.16. The van der Waals surface area contributed by atoms with Crippen molar-refractivity contribution in [2.24, 2.45) is 4.99 Å². The molecule has 0 saturated heterocycles. The third-order valence-corrected chi connectivity index (χ3v) is 11.0. The van der Waals surface area contributed by atoms with E-state index in [1.165, 1.54) is 33.7 Å². The monoisotopic (exact) mass is 605 g/mol. The second kappa shape index (κ2) is 13.3. The number of aliphatic imine (C=N–C) groups is 1. The van der Waals surface area contributed by atoms with E-state index in [0.29, 0.717) is 5.92 Å². The van der Waals surface area contributed by atoms with Crippen LogP contribution in [0, 0.1) is 6.92 Å². The Kier molecular flexibility index (Phi) is 10.1. The highest BCUT2D eigenvalue weighted by Gasteiger charge is 2.47. The van der Waals surface area contributed by atoms with Gasteiger partial charge < -0.3 is 0 Å². The number of aryl methyl sites for hydroxylation is 1. The predicted octanol–water partition coefficient (Wildman–Crippen LogP) is 9.26. The summed E-state index contributed by atoms with van der Waals surface area (Å²) in [7, 11) is -1.65. The first-order chi connectivity index (χ1) is 20.7. The van der Waals surface area contributed by atoms with Gasteiger partial charge in [0.1, 0.15) is 0 Å². The van der Waals surface area contributed by atoms with Crippen LogP contribution in [0.1, 0.15) is 96.0 Å². The van der Waals surface area contributed by atoms with Gasteiger partial charge in [-0.3, -0.25) is 4.99 Å². The molecule has 3 atom stereocenters. The lowest BCUT2D eigenvalue weighted by atomic mass is 9.76. The van der Waals surface area contributed by atoms with E-state index in [4.69, 9.17) is 11.6 Å². The fourth-order valence-corrected chi connectivity index (χ4v) is 8.92. The van der Waals surface area contributed by atoms with Crippen LogP contribution in [0.4, 0.5) is 0 Å². The first kappa shape index (κ1) is 33.5. The molecule has 1 aliphatic heterocycles. The zero-order chi connectivity index (χ0) is 32.4. The molecule has 1 aliphatic rings. The van der Waals surface area contributed by atoms with Crippen LogP contribution in [0.2, 0.25) is 19.6 Å². The van der Waals surface area contributed by atoms with E-state index in [1.807, 2.05) is 0 Å². The highest BCUT2D eigenvalue weighted by atomic mass is 28.3. The summed E-state index contributed by atoms with van der Waals surface area (Å²) in [4.78, 5) is 5.27. The molecule has 0 aliphatic carbocycles. The van der Waals surface area contributed by atoms with Crippen LogP contribution in [-0.2, 0) is 0 Å². The largest absolute Gasteiger partial charge is 0.280 e. The molecule has 232 valence electrons. The lowest BCUT2D eigenvalue weighted by molar-refractivity contribution is -0.729. The number of allylic oxidation sites excluding steroid dienone is 4. The van der Waals surface area contributed by atoms with Crippen molar-refractivity contribution in [3.63, 3.8) is 0 Å². The second-order valence-corrected chi connectivity index (χ2v) is 19.6. The minimum Gasteiger partial charge on any atom is -0.280 e. The molecule has 3 heterocycles. The van der Waals surface area contributed by atoms with E-state index >= 15 is 0 Å². The predicted molar refractivity (Wildman–Crippen MR) is 193 cm³/mol. The maximum Gasteiger partial charge on any atom is 0.249 e. The van der Waals surface area contributed by atoms with Crippen molar-refractivity contribution >= 4 is 24.7 Å². The number of pyridine rings is 2. The number of fused-ring (bicyclic) bond motifs is 3. The minimum absolute atomic E-state index is 0.0684. The summed E-state index contributed by atoms with van der Waals surface area (Å²) in [5.41, 5.74) is 9.93. The quantitative estimate of drug-likeness (QED) is 0.0950. The van der Waals surface area contributed by atoms with E-state index < -0.39 is 8.07 Å². The molecule has 0 fully saturated rings. The summed E-state index contributed by atoms with van der Waals surface area (Å²) in [5.74, 6) is 0.702. The SMILES string of the molecule is C=C(C1C(CCC(C)(C=C(C)C)/N=C(C)\C=C/C)c2ccccc2-c2cc(C(C)C)c([Si](C)(C)C)c[n+]21)[n+]1ccccc1C. The first-order valence-electron chi connectivity index (χ1n) is 16.4. The molecule has 0 N–H and O–H groups in total. The Morgan fingerprint density at radius 2 is 1.75 bits per heavy atom. The van der Waals surface area contributed by atoms with Gasteiger partial charge in [0, 0.05) is 41.6 Å². The van der Waals surface area contributed by atoms with Gasteiger partial charge in [-0.15, -0.1) is 0 Å². The zero-order valence-electron chi connectivity index (χ0n) is 29.2. The smallest absolute Gasteiger partial charge is 0.249 e. The van der Waals surface area contributed by atoms with Crippen LogP contribution in [0.3, 0.4) is 0 Å². The second-order valence-electron chi connectivity index (χ2n) is 14.6. The molecule has 0 saturated carbocycles. The average molecular weight is 606 g/mol. The first-order valence-corrected chi connectivity index (χ1v) is 19.9. The van der Waals surface area contributed by atoms with Gasteiger partial charge in [-0.1, -0.05) is 75.5 Å². The number of nitrogens with zero attached hydrogens (tertiary/aromatic N) is 3. The molecular formula is C40H55N3Si+2. The zero-order valence-corrected chi connectivity index (χ0v) is 30.2. The minimum atomic E-state index is -1.65. The molecule has 4 heteroatoms. The van der Waals surface area contributed by atoms with E-state index in [1.54, 1.807) is 5.19 Å². The lowest BCUT2D eigenvalue weighted by Gasteiger charge is -2.33. The van der Waals surface area contributed by atoms with Crippen molar-refractivity contribution in [1.82, 2.24) is 0 Å². The van der Waals surface area contributed by atoms with Gasteiger partial charge >= 0.3 is 0 Å². The van der Waals surface area contributed by atoms with Crippen molar-refractivity contribution in [2.45, 2.75) is 111 Å². The fraction of sp³-hybridized carbons (Fsp3) is 0.425. The lowest BCUT2D eigenvalue weighted by Crippen LogP contribution is -2.57. The number of benzene rings is 1. The number of hydrogen-bond donors (Lipinski definition) is 0. The van der Waals surface area contributed by atoms with E-state index in [2.05, 4.69) is 163 Å². The van der Waals surface area contributed by atoms with Gasteiger partial charge in [-0.05, 0) is 83.2 Å². The molecule has 0 amide bonds. The third kappa shape index (κ3) is 7.12. The van der Waals surface area contributed by atoms with Gasteiger partial charge in [-0.2, -0.15) is 9.13 Å². The van der Waals surface area contributed by atoms with Gasteiger partial charge in [0.05, 0.1) is 19.5 Å². The van der Waals surface area contributed by atoms with Crippen LogP contribution in [0.15, 0.2) is 96.3 Å². The highest BCUT2D eigenvalue weighted by molar-refractivity contribution is 6.89. The molecule has 2 aromatic heterocycles. The summed E-state index contributed by atoms with van der Waals surface area (Å²) >= 11 is 0. The number of hydrogen-bond acceptors (Lipinski definition) is 1. The van der Waals surface area contributed by atoms with Crippen molar-refractivity contribution in [2.75, 3.05) is 0 Å². The Bertz CT molecular complexity index is 1610. The van der Waals surface area contributed by atoms with Crippen LogP contribution < -0.4 is 14.3 Å². The van der Waals surface area contributed by atoms with E-state index in [-0.39, 0.29) is 17.5 Å². The van der Waals surface area contributed by atoms with Gasteiger partial charge in [0.25, 0.3) is 0 Å². The van der Waals surface area contributed by atoms with Crippen LogP contribution >= 0.6 is 0 Å². The molecule has 3 unspecified atom stereocenters. The summed E-state index contributed by atoms with van der Waals surface area (Å²) in [6.45, 7) is 30.0. The number of aromatic nitrogens is 2. The normalized spacial score (nSPS) is 18.1. The van der Waals surface area contributed by atoms with Gasteiger partial charge in [0.15, 0.2) is 18.1 Å². The molecule has 3 aromatic rings. The Morgan fingerprint density at radius 3 is 2.36 bits per heavy atom. The maximum absolute atomic E-state index is 5.27. The molecule has 44 heavy (non-hydrogen) atoms. The summed E-state index contributed by atoms with van der Waals surface area (Å²) < 4.78 is 4.90. The van der Waals surface area contributed by atoms with E-state index in [9.17, 15) is 0 Å². The molecule has 0 bridgehead atoms. The summed E-state index contributed by atoms with van der Waals surface area (Å²) in [6, 6.07) is 18.1. The molecule has 4 rings (SSSR count). The van der Waals surface area contributed by atoms with Crippen molar-refractivity contribution < 1.29 is 9.13 Å². The number of rotatable bonds is 10. The third-order valence-electron chi connectivity index (χ3n) is 9.01. The molecule has 0 spiro atoms. The Morgan fingerprint density at radius 1 is 1.07 bits per heavy atom. The molecule has 0 radical (unpaired) electrons. The Hall–Kier alpha value is -3.37. The summed E-state index contributed by atoms with van der Waals surface area (Å²) in [6.07, 6.45) is 13.2. The van der Waals surface area contributed by atoms with Crippen molar-refractivity contribution in [3.8, 4) is 11.3 Å². The Balaban J connectivity index is 1.98. The van der Waals surface area contributed by atoms with Gasteiger partial charge in [-0.25, -0.2) is 0 Å². The standard InChI is InChI=1S/C40H55N3Si/c1-13-18-30(6)41-40(9,26-28(2)3)23-22-35-33-20-14-15-21-34(33)37-25-36(29(4)5)38(44(10,11)12)27-43(37)39(35)32(8)42-24-17-16-19-31(42)7/h13-21,24-27,29,35,39H,8,22-23H2,1-7,9-12H3/q+2/b18-13-,41-30-. The van der Waals surface area contributed by atoms with Crippen molar-refractivity contribution in [3.05, 3.63) is 108 Å². The summed E-state index contributed by atoms with van der Waals surface area (Å²) in [5, 5.41) is 1.54.